The van der Waals surface area contributed by atoms with Crippen LogP contribution >= 0.6 is 39.1 Å². The molecule has 1 aromatic heterocycles. The van der Waals surface area contributed by atoms with E-state index in [1.165, 1.54) is 0 Å². The van der Waals surface area contributed by atoms with Crippen LogP contribution in [0.4, 0.5) is 0 Å². The Morgan fingerprint density at radius 2 is 1.88 bits per heavy atom. The van der Waals surface area contributed by atoms with E-state index in [4.69, 9.17) is 32.9 Å². The molecule has 0 spiro atoms. The van der Waals surface area contributed by atoms with Gasteiger partial charge in [-0.3, -0.25) is 9.36 Å². The van der Waals surface area contributed by atoms with Crippen molar-refractivity contribution >= 4 is 45.0 Å². The number of nitrogens with zero attached hydrogens (tertiary/aromatic N) is 2. The number of carbonyl (C=O) groups excluding carboxylic acids is 1. The highest BCUT2D eigenvalue weighted by molar-refractivity contribution is 9.10. The highest BCUT2D eigenvalue weighted by Crippen LogP contribution is 2.34. The molecule has 1 saturated carbocycles. The minimum Gasteiger partial charge on any atom is -0.376 e. The largest absolute Gasteiger partial charge is 0.376 e. The van der Waals surface area contributed by atoms with Gasteiger partial charge in [-0.05, 0) is 72.1 Å². The summed E-state index contributed by atoms with van der Waals surface area (Å²) in [5.41, 5.74) is 1.84. The van der Waals surface area contributed by atoms with Gasteiger partial charge in [0.15, 0.2) is 5.69 Å². The lowest BCUT2D eigenvalue weighted by Crippen LogP contribution is -2.46. The fourth-order valence-electron chi connectivity index (χ4n) is 4.11. The number of nitrogens with one attached hydrogen (secondary N) is 1. The van der Waals surface area contributed by atoms with E-state index in [-0.39, 0.29) is 18.1 Å². The number of rotatable bonds is 6. The first-order valence-electron chi connectivity index (χ1n) is 10.7. The predicted molar refractivity (Wildman–Crippen MR) is 132 cm³/mol. The lowest BCUT2D eigenvalue weighted by atomic mass is 9.92. The molecule has 2 unspecified atom stereocenters. The molecule has 1 amide bonds. The van der Waals surface area contributed by atoms with Crippen molar-refractivity contribution in [2.75, 3.05) is 6.61 Å². The first-order valence-corrected chi connectivity index (χ1v) is 12.3. The first kappa shape index (κ1) is 23.3. The van der Waals surface area contributed by atoms with Crippen molar-refractivity contribution in [2.24, 2.45) is 0 Å². The highest BCUT2D eigenvalue weighted by Gasteiger charge is 2.30. The molecule has 0 saturated heterocycles. The van der Waals surface area contributed by atoms with Crippen molar-refractivity contribution in [1.82, 2.24) is 14.9 Å². The molecular weight excluding hydrogens is 513 g/mol. The molecule has 0 bridgehead atoms. The van der Waals surface area contributed by atoms with Crippen LogP contribution in [0.25, 0.3) is 17.1 Å². The van der Waals surface area contributed by atoms with Gasteiger partial charge in [-0.25, -0.2) is 4.98 Å². The monoisotopic (exact) mass is 535 g/mol. The molecule has 1 heterocycles. The molecule has 1 aliphatic rings. The minimum absolute atomic E-state index is 0.0258. The van der Waals surface area contributed by atoms with Crippen LogP contribution in [-0.4, -0.2) is 34.2 Å². The van der Waals surface area contributed by atoms with Crippen LogP contribution in [0, 0.1) is 0 Å². The third kappa shape index (κ3) is 4.88. The number of ether oxygens (including phenoxy) is 1. The Bertz CT molecular complexity index is 1100. The third-order valence-corrected chi connectivity index (χ3v) is 6.95. The maximum atomic E-state index is 13.3. The van der Waals surface area contributed by atoms with Gasteiger partial charge in [0.05, 0.1) is 17.2 Å². The van der Waals surface area contributed by atoms with Crippen LogP contribution in [0.2, 0.25) is 10.0 Å². The van der Waals surface area contributed by atoms with Crippen LogP contribution in [0.3, 0.4) is 0 Å². The second kappa shape index (κ2) is 10.4. The van der Waals surface area contributed by atoms with Crippen molar-refractivity contribution in [2.45, 2.75) is 44.8 Å². The SMILES string of the molecule is CCOC1CCCCC1NC(=O)c1nc(-c2ccccc2Cl)n(-c2ccc(Cl)cc2)c1Br. The Labute approximate surface area is 206 Å². The smallest absolute Gasteiger partial charge is 0.273 e. The number of carbonyl (C=O) groups is 1. The maximum Gasteiger partial charge on any atom is 0.273 e. The second-order valence-corrected chi connectivity index (χ2v) is 9.32. The van der Waals surface area contributed by atoms with Crippen molar-refractivity contribution in [3.8, 4) is 17.1 Å². The van der Waals surface area contributed by atoms with Crippen LogP contribution in [0.15, 0.2) is 53.1 Å². The average molecular weight is 537 g/mol. The average Bonchev–Trinajstić information content (AvgIpc) is 3.13. The Balaban J connectivity index is 1.74. The van der Waals surface area contributed by atoms with E-state index >= 15 is 0 Å². The Morgan fingerprint density at radius 3 is 2.59 bits per heavy atom. The molecule has 2 aromatic carbocycles. The molecule has 8 heteroatoms. The van der Waals surface area contributed by atoms with E-state index in [1.54, 1.807) is 18.2 Å². The molecule has 0 aliphatic heterocycles. The predicted octanol–water partition coefficient (Wildman–Crippen LogP) is 6.69. The summed E-state index contributed by atoms with van der Waals surface area (Å²) in [5.74, 6) is 0.328. The van der Waals surface area contributed by atoms with Gasteiger partial charge >= 0.3 is 0 Å². The lowest BCUT2D eigenvalue weighted by Gasteiger charge is -2.31. The Kier molecular flexibility index (Phi) is 7.56. The van der Waals surface area contributed by atoms with Gasteiger partial charge < -0.3 is 10.1 Å². The zero-order valence-corrected chi connectivity index (χ0v) is 20.8. The van der Waals surface area contributed by atoms with Crippen molar-refractivity contribution in [3.63, 3.8) is 0 Å². The molecule has 2 atom stereocenters. The zero-order chi connectivity index (χ0) is 22.7. The zero-order valence-electron chi connectivity index (χ0n) is 17.7. The van der Waals surface area contributed by atoms with Gasteiger partial charge in [-0.15, -0.1) is 0 Å². The number of hydrogen-bond donors (Lipinski definition) is 1. The number of imidazole rings is 1. The van der Waals surface area contributed by atoms with Gasteiger partial charge in [-0.2, -0.15) is 0 Å². The summed E-state index contributed by atoms with van der Waals surface area (Å²) in [6, 6.07) is 14.8. The van der Waals surface area contributed by atoms with E-state index in [2.05, 4.69) is 21.2 Å². The first-order chi connectivity index (χ1) is 15.5. The summed E-state index contributed by atoms with van der Waals surface area (Å²) in [7, 11) is 0. The molecule has 1 N–H and O–H groups in total. The van der Waals surface area contributed by atoms with Crippen LogP contribution in [0.5, 0.6) is 0 Å². The molecule has 1 aliphatic carbocycles. The number of aromatic nitrogens is 2. The van der Waals surface area contributed by atoms with Gasteiger partial charge in [0.2, 0.25) is 0 Å². The van der Waals surface area contributed by atoms with Gasteiger partial charge in [-0.1, -0.05) is 48.2 Å². The van der Waals surface area contributed by atoms with Crippen LogP contribution in [0.1, 0.15) is 43.1 Å². The molecule has 3 aromatic rings. The van der Waals surface area contributed by atoms with Gasteiger partial charge in [0.1, 0.15) is 10.4 Å². The molecule has 5 nitrogen and oxygen atoms in total. The Hall–Kier alpha value is -1.86. The molecule has 1 fully saturated rings. The Morgan fingerprint density at radius 1 is 1.16 bits per heavy atom. The maximum absolute atomic E-state index is 13.3. The van der Waals surface area contributed by atoms with Gasteiger partial charge in [0, 0.05) is 22.9 Å². The third-order valence-electron chi connectivity index (χ3n) is 5.64. The summed E-state index contributed by atoms with van der Waals surface area (Å²) in [5, 5.41) is 4.33. The summed E-state index contributed by atoms with van der Waals surface area (Å²) < 4.78 is 8.30. The fourth-order valence-corrected chi connectivity index (χ4v) is 5.09. The lowest BCUT2D eigenvalue weighted by molar-refractivity contribution is 0.0123. The summed E-state index contributed by atoms with van der Waals surface area (Å²) >= 11 is 16.2. The summed E-state index contributed by atoms with van der Waals surface area (Å²) in [4.78, 5) is 18.0. The topological polar surface area (TPSA) is 56.1 Å². The highest BCUT2D eigenvalue weighted by atomic mass is 79.9. The summed E-state index contributed by atoms with van der Waals surface area (Å²) in [6.45, 7) is 2.61. The molecule has 32 heavy (non-hydrogen) atoms. The van der Waals surface area contributed by atoms with Crippen molar-refractivity contribution < 1.29 is 9.53 Å². The van der Waals surface area contributed by atoms with E-state index in [0.717, 1.165) is 36.9 Å². The summed E-state index contributed by atoms with van der Waals surface area (Å²) in [6.07, 6.45) is 4.05. The van der Waals surface area contributed by atoms with E-state index < -0.39 is 0 Å². The quantitative estimate of drug-likeness (QED) is 0.382. The van der Waals surface area contributed by atoms with Gasteiger partial charge in [0.25, 0.3) is 5.91 Å². The number of amides is 1. The molecular formula is C24H24BrCl2N3O2. The van der Waals surface area contributed by atoms with Crippen molar-refractivity contribution in [3.05, 3.63) is 68.9 Å². The van der Waals surface area contributed by atoms with Crippen LogP contribution in [-0.2, 0) is 4.74 Å². The molecule has 4 rings (SSSR count). The number of halogens is 3. The van der Waals surface area contributed by atoms with Crippen molar-refractivity contribution in [1.29, 1.82) is 0 Å². The fraction of sp³-hybridized carbons (Fsp3) is 0.333. The van der Waals surface area contributed by atoms with E-state index in [0.29, 0.717) is 32.8 Å². The molecule has 0 radical (unpaired) electrons. The van der Waals surface area contributed by atoms with E-state index in [9.17, 15) is 4.79 Å². The van der Waals surface area contributed by atoms with E-state index in [1.807, 2.05) is 41.8 Å². The number of benzene rings is 2. The van der Waals surface area contributed by atoms with Crippen LogP contribution < -0.4 is 5.32 Å². The molecule has 168 valence electrons. The minimum atomic E-state index is -0.241. The normalized spacial score (nSPS) is 18.5. The second-order valence-electron chi connectivity index (χ2n) is 7.72. The number of hydrogen-bond acceptors (Lipinski definition) is 3. The standard InChI is InChI=1S/C24H24BrCl2N3O2/c1-2-32-20-10-6-5-9-19(20)28-24(31)21-22(25)30(16-13-11-15(26)12-14-16)23(29-21)17-7-3-4-8-18(17)27/h3-4,7-8,11-14,19-20H,2,5-6,9-10H2,1H3,(H,28,31).